The summed E-state index contributed by atoms with van der Waals surface area (Å²) >= 11 is 0. The van der Waals surface area contributed by atoms with Crippen molar-refractivity contribution in [2.45, 2.75) is 6.92 Å². The third-order valence-corrected chi connectivity index (χ3v) is 3.48. The van der Waals surface area contributed by atoms with E-state index in [1.807, 2.05) is 31.2 Å². The predicted molar refractivity (Wildman–Crippen MR) is 87.1 cm³/mol. The summed E-state index contributed by atoms with van der Waals surface area (Å²) in [5.41, 5.74) is 3.31. The first-order chi connectivity index (χ1) is 11.0. The van der Waals surface area contributed by atoms with Crippen LogP contribution in [0.4, 0.5) is 5.69 Å². The Kier molecular flexibility index (Phi) is 3.72. The molecule has 0 unspecified atom stereocenters. The molecule has 0 spiro atoms. The molecule has 0 radical (unpaired) electrons. The SMILES string of the molecule is Cc1ccc(-c2cc(-c3ccc([N+](=O)[O-])cc3)[nH]c(=O)n2)cc1. The molecule has 1 heterocycles. The fraction of sp³-hybridized carbons (Fsp3) is 0.0588. The molecule has 0 saturated carbocycles. The van der Waals surface area contributed by atoms with Crippen LogP contribution in [0.5, 0.6) is 0 Å². The van der Waals surface area contributed by atoms with Crippen LogP contribution in [-0.4, -0.2) is 14.9 Å². The van der Waals surface area contributed by atoms with Gasteiger partial charge >= 0.3 is 5.69 Å². The molecule has 0 aliphatic carbocycles. The molecule has 0 atom stereocenters. The van der Waals surface area contributed by atoms with E-state index >= 15 is 0 Å². The highest BCUT2D eigenvalue weighted by Crippen LogP contribution is 2.23. The Morgan fingerprint density at radius 1 is 1.00 bits per heavy atom. The fourth-order valence-electron chi connectivity index (χ4n) is 2.25. The van der Waals surface area contributed by atoms with Crippen molar-refractivity contribution in [1.29, 1.82) is 0 Å². The molecule has 6 nitrogen and oxygen atoms in total. The number of benzene rings is 2. The summed E-state index contributed by atoms with van der Waals surface area (Å²) in [6.07, 6.45) is 0. The zero-order chi connectivity index (χ0) is 16.4. The zero-order valence-electron chi connectivity index (χ0n) is 12.3. The van der Waals surface area contributed by atoms with Gasteiger partial charge in [-0.2, -0.15) is 4.98 Å². The maximum absolute atomic E-state index is 11.8. The van der Waals surface area contributed by atoms with Gasteiger partial charge in [0.2, 0.25) is 0 Å². The molecule has 0 fully saturated rings. The quantitative estimate of drug-likeness (QED) is 0.593. The maximum atomic E-state index is 11.8. The van der Waals surface area contributed by atoms with E-state index in [1.165, 1.54) is 12.1 Å². The molecular weight excluding hydrogens is 294 g/mol. The number of nitro groups is 1. The monoisotopic (exact) mass is 307 g/mol. The standard InChI is InChI=1S/C17H13N3O3/c1-11-2-4-12(5-3-11)15-10-16(19-17(21)18-15)13-6-8-14(9-7-13)20(22)23/h2-10H,1H3,(H,18,19,21). The van der Waals surface area contributed by atoms with Crippen molar-refractivity contribution >= 4 is 5.69 Å². The summed E-state index contributed by atoms with van der Waals surface area (Å²) in [4.78, 5) is 28.7. The lowest BCUT2D eigenvalue weighted by Gasteiger charge is -2.05. The Morgan fingerprint density at radius 3 is 2.22 bits per heavy atom. The Labute approximate surface area is 131 Å². The molecule has 0 bridgehead atoms. The van der Waals surface area contributed by atoms with Crippen molar-refractivity contribution in [3.63, 3.8) is 0 Å². The van der Waals surface area contributed by atoms with Crippen molar-refractivity contribution in [2.75, 3.05) is 0 Å². The van der Waals surface area contributed by atoms with Gasteiger partial charge in [0.1, 0.15) is 0 Å². The third kappa shape index (κ3) is 3.16. The average molecular weight is 307 g/mol. The van der Waals surface area contributed by atoms with Gasteiger partial charge in [0.05, 0.1) is 16.3 Å². The minimum atomic E-state index is -0.462. The second-order valence-electron chi connectivity index (χ2n) is 5.16. The van der Waals surface area contributed by atoms with Crippen LogP contribution in [0, 0.1) is 17.0 Å². The summed E-state index contributed by atoms with van der Waals surface area (Å²) in [5.74, 6) is 0. The molecule has 6 heteroatoms. The highest BCUT2D eigenvalue weighted by Gasteiger charge is 2.08. The topological polar surface area (TPSA) is 88.9 Å². The van der Waals surface area contributed by atoms with Gasteiger partial charge in [-0.25, -0.2) is 4.79 Å². The highest BCUT2D eigenvalue weighted by molar-refractivity contribution is 5.68. The van der Waals surface area contributed by atoms with Gasteiger partial charge in [-0.1, -0.05) is 29.8 Å². The lowest BCUT2D eigenvalue weighted by Crippen LogP contribution is -2.11. The number of aromatic amines is 1. The van der Waals surface area contributed by atoms with Gasteiger partial charge in [0.25, 0.3) is 5.69 Å². The zero-order valence-corrected chi connectivity index (χ0v) is 12.3. The van der Waals surface area contributed by atoms with E-state index in [-0.39, 0.29) is 5.69 Å². The molecule has 1 N–H and O–H groups in total. The molecule has 0 amide bonds. The number of aromatic nitrogens is 2. The van der Waals surface area contributed by atoms with Crippen LogP contribution >= 0.6 is 0 Å². The number of nitrogens with one attached hydrogen (secondary N) is 1. The van der Waals surface area contributed by atoms with Crippen LogP contribution in [0.2, 0.25) is 0 Å². The number of aryl methyl sites for hydroxylation is 1. The van der Waals surface area contributed by atoms with E-state index in [9.17, 15) is 14.9 Å². The first kappa shape index (κ1) is 14.6. The number of nitrogens with zero attached hydrogens (tertiary/aromatic N) is 2. The molecule has 23 heavy (non-hydrogen) atoms. The lowest BCUT2D eigenvalue weighted by atomic mass is 10.1. The molecule has 114 valence electrons. The summed E-state index contributed by atoms with van der Waals surface area (Å²) in [7, 11) is 0. The highest BCUT2D eigenvalue weighted by atomic mass is 16.6. The van der Waals surface area contributed by atoms with E-state index < -0.39 is 10.6 Å². The number of hydrogen-bond acceptors (Lipinski definition) is 4. The van der Waals surface area contributed by atoms with Gasteiger partial charge in [0, 0.05) is 17.7 Å². The molecule has 3 aromatic rings. The van der Waals surface area contributed by atoms with Crippen LogP contribution < -0.4 is 5.69 Å². The van der Waals surface area contributed by atoms with E-state index in [2.05, 4.69) is 9.97 Å². The average Bonchev–Trinajstić information content (AvgIpc) is 2.55. The van der Waals surface area contributed by atoms with Crippen molar-refractivity contribution in [2.24, 2.45) is 0 Å². The van der Waals surface area contributed by atoms with Crippen LogP contribution in [0.15, 0.2) is 59.4 Å². The number of H-pyrrole nitrogens is 1. The third-order valence-electron chi connectivity index (χ3n) is 3.48. The molecule has 2 aromatic carbocycles. The van der Waals surface area contributed by atoms with Gasteiger partial charge in [-0.05, 0) is 30.7 Å². The smallest absolute Gasteiger partial charge is 0.305 e. The Hall–Kier alpha value is -3.28. The van der Waals surface area contributed by atoms with Gasteiger partial charge in [-0.15, -0.1) is 0 Å². The number of rotatable bonds is 3. The van der Waals surface area contributed by atoms with Crippen LogP contribution in [-0.2, 0) is 0 Å². The summed E-state index contributed by atoms with van der Waals surface area (Å²) in [5, 5.41) is 10.7. The summed E-state index contributed by atoms with van der Waals surface area (Å²) < 4.78 is 0. The van der Waals surface area contributed by atoms with Gasteiger partial charge < -0.3 is 4.98 Å². The van der Waals surface area contributed by atoms with Crippen LogP contribution in [0.1, 0.15) is 5.56 Å². The maximum Gasteiger partial charge on any atom is 0.345 e. The first-order valence-electron chi connectivity index (χ1n) is 6.96. The van der Waals surface area contributed by atoms with Crippen LogP contribution in [0.3, 0.4) is 0 Å². The Balaban J connectivity index is 2.05. The Morgan fingerprint density at radius 2 is 1.61 bits per heavy atom. The first-order valence-corrected chi connectivity index (χ1v) is 6.96. The Bertz CT molecular complexity index is 913. The minimum absolute atomic E-state index is 0.00362. The molecule has 0 aliphatic rings. The predicted octanol–water partition coefficient (Wildman–Crippen LogP) is 3.32. The van der Waals surface area contributed by atoms with E-state index in [1.54, 1.807) is 18.2 Å². The summed E-state index contributed by atoms with van der Waals surface area (Å²) in [6, 6.07) is 15.5. The fourth-order valence-corrected chi connectivity index (χ4v) is 2.25. The normalized spacial score (nSPS) is 10.5. The van der Waals surface area contributed by atoms with Crippen molar-refractivity contribution < 1.29 is 4.92 Å². The second kappa shape index (κ2) is 5.84. The number of nitro benzene ring substituents is 1. The van der Waals surface area contributed by atoms with Crippen LogP contribution in [0.25, 0.3) is 22.5 Å². The van der Waals surface area contributed by atoms with Gasteiger partial charge in [0.15, 0.2) is 0 Å². The molecule has 0 saturated heterocycles. The van der Waals surface area contributed by atoms with Crippen molar-refractivity contribution in [3.05, 3.63) is 80.8 Å². The minimum Gasteiger partial charge on any atom is -0.305 e. The van der Waals surface area contributed by atoms with Crippen molar-refractivity contribution in [1.82, 2.24) is 9.97 Å². The largest absolute Gasteiger partial charge is 0.345 e. The molecule has 3 rings (SSSR count). The van der Waals surface area contributed by atoms with E-state index in [0.717, 1.165) is 11.1 Å². The van der Waals surface area contributed by atoms with E-state index in [0.29, 0.717) is 17.0 Å². The molecule has 0 aliphatic heterocycles. The van der Waals surface area contributed by atoms with E-state index in [4.69, 9.17) is 0 Å². The van der Waals surface area contributed by atoms with Gasteiger partial charge in [-0.3, -0.25) is 10.1 Å². The second-order valence-corrected chi connectivity index (χ2v) is 5.16. The number of non-ortho nitro benzene ring substituents is 1. The van der Waals surface area contributed by atoms with Crippen molar-refractivity contribution in [3.8, 4) is 22.5 Å². The lowest BCUT2D eigenvalue weighted by molar-refractivity contribution is -0.384. The molecular formula is C17H13N3O3. The summed E-state index contributed by atoms with van der Waals surface area (Å²) in [6.45, 7) is 1.98. The molecule has 1 aromatic heterocycles. The number of hydrogen-bond donors (Lipinski definition) is 1.